The molecule has 1 aromatic carbocycles. The van der Waals surface area contributed by atoms with Gasteiger partial charge in [0.1, 0.15) is 12.4 Å². The molecule has 2 heterocycles. The highest BCUT2D eigenvalue weighted by Gasteiger charge is 2.14. The van der Waals surface area contributed by atoms with Crippen LogP contribution >= 0.6 is 11.3 Å². The zero-order valence-electron chi connectivity index (χ0n) is 13.7. The number of carbonyl (C=O) groups excluding carboxylic acids is 1. The van der Waals surface area contributed by atoms with Gasteiger partial charge in [0.25, 0.3) is 11.8 Å². The third-order valence-electron chi connectivity index (χ3n) is 3.21. The Labute approximate surface area is 149 Å². The maximum absolute atomic E-state index is 12.4. The minimum Gasteiger partial charge on any atom is -0.488 e. The molecule has 1 N–H and O–H groups in total. The van der Waals surface area contributed by atoms with Crippen LogP contribution in [0.3, 0.4) is 0 Å². The Bertz CT molecular complexity index is 871. The second-order valence-electron chi connectivity index (χ2n) is 5.42. The third kappa shape index (κ3) is 4.33. The predicted molar refractivity (Wildman–Crippen MR) is 95.5 cm³/mol. The molecule has 25 heavy (non-hydrogen) atoms. The second-order valence-corrected chi connectivity index (χ2v) is 6.37. The number of benzene rings is 1. The number of aromatic nitrogens is 2. The van der Waals surface area contributed by atoms with Crippen molar-refractivity contribution in [2.24, 2.45) is 0 Å². The SMILES string of the molecule is C=C(C)COc1ccccc1C(=O)NCc1noc(-c2cccs2)n1. The predicted octanol–water partition coefficient (Wildman–Crippen LogP) is 3.68. The molecule has 0 aliphatic heterocycles. The van der Waals surface area contributed by atoms with Crippen LogP contribution in [0.1, 0.15) is 23.1 Å². The quantitative estimate of drug-likeness (QED) is 0.654. The molecule has 0 aliphatic carbocycles. The number of hydrogen-bond donors (Lipinski definition) is 1. The minimum atomic E-state index is -0.264. The summed E-state index contributed by atoms with van der Waals surface area (Å²) in [5.41, 5.74) is 1.33. The summed E-state index contributed by atoms with van der Waals surface area (Å²) in [5, 5.41) is 8.60. The summed E-state index contributed by atoms with van der Waals surface area (Å²) in [4.78, 5) is 17.6. The van der Waals surface area contributed by atoms with Crippen molar-refractivity contribution in [2.45, 2.75) is 13.5 Å². The molecule has 128 valence electrons. The molecule has 0 spiro atoms. The number of para-hydroxylation sites is 1. The molecule has 0 fully saturated rings. The van der Waals surface area contributed by atoms with Crippen LogP contribution in [0.5, 0.6) is 5.75 Å². The Morgan fingerprint density at radius 2 is 2.16 bits per heavy atom. The summed E-state index contributed by atoms with van der Waals surface area (Å²) in [7, 11) is 0. The Kier molecular flexibility index (Phi) is 5.25. The Balaban J connectivity index is 1.64. The number of carbonyl (C=O) groups is 1. The van der Waals surface area contributed by atoms with Gasteiger partial charge in [-0.25, -0.2) is 0 Å². The van der Waals surface area contributed by atoms with Crippen LogP contribution < -0.4 is 10.1 Å². The molecule has 3 aromatic rings. The van der Waals surface area contributed by atoms with Crippen molar-refractivity contribution < 1.29 is 14.1 Å². The topological polar surface area (TPSA) is 77.2 Å². The minimum absolute atomic E-state index is 0.169. The van der Waals surface area contributed by atoms with Gasteiger partial charge in [0, 0.05) is 0 Å². The number of hydrogen-bond acceptors (Lipinski definition) is 6. The fraction of sp³-hybridized carbons (Fsp3) is 0.167. The van der Waals surface area contributed by atoms with Gasteiger partial charge in [0.2, 0.25) is 0 Å². The molecule has 0 aliphatic rings. The first-order valence-corrected chi connectivity index (χ1v) is 8.52. The highest BCUT2D eigenvalue weighted by molar-refractivity contribution is 7.13. The van der Waals surface area contributed by atoms with Crippen LogP contribution in [-0.2, 0) is 6.54 Å². The molecule has 0 atom stereocenters. The number of rotatable bonds is 7. The molecule has 2 aromatic heterocycles. The van der Waals surface area contributed by atoms with E-state index in [2.05, 4.69) is 22.0 Å². The van der Waals surface area contributed by atoms with Gasteiger partial charge in [-0.2, -0.15) is 4.98 Å². The van der Waals surface area contributed by atoms with E-state index in [0.717, 1.165) is 10.5 Å². The Morgan fingerprint density at radius 1 is 1.32 bits per heavy atom. The summed E-state index contributed by atoms with van der Waals surface area (Å²) in [6.45, 7) is 6.19. The van der Waals surface area contributed by atoms with Crippen LogP contribution in [-0.4, -0.2) is 22.7 Å². The van der Waals surface area contributed by atoms with Crippen molar-refractivity contribution in [3.05, 3.63) is 65.3 Å². The number of ether oxygens (including phenoxy) is 1. The van der Waals surface area contributed by atoms with Crippen molar-refractivity contribution in [1.29, 1.82) is 0 Å². The highest BCUT2D eigenvalue weighted by atomic mass is 32.1. The van der Waals surface area contributed by atoms with Crippen molar-refractivity contribution in [1.82, 2.24) is 15.5 Å². The van der Waals surface area contributed by atoms with E-state index in [0.29, 0.717) is 29.6 Å². The summed E-state index contributed by atoms with van der Waals surface area (Å²) < 4.78 is 10.8. The van der Waals surface area contributed by atoms with Gasteiger partial charge in [-0.15, -0.1) is 11.3 Å². The lowest BCUT2D eigenvalue weighted by molar-refractivity contribution is 0.0946. The van der Waals surface area contributed by atoms with E-state index in [9.17, 15) is 4.79 Å². The monoisotopic (exact) mass is 355 g/mol. The summed E-state index contributed by atoms with van der Waals surface area (Å²) in [6.07, 6.45) is 0. The van der Waals surface area contributed by atoms with Crippen molar-refractivity contribution >= 4 is 17.2 Å². The average molecular weight is 355 g/mol. The largest absolute Gasteiger partial charge is 0.488 e. The highest BCUT2D eigenvalue weighted by Crippen LogP contribution is 2.22. The van der Waals surface area contributed by atoms with E-state index in [-0.39, 0.29) is 12.5 Å². The standard InChI is InChI=1S/C18H17N3O3S/c1-12(2)11-23-14-7-4-3-6-13(14)17(22)19-10-16-20-18(24-21-16)15-8-5-9-25-15/h3-9H,1,10-11H2,2H3,(H,19,22). The average Bonchev–Trinajstić information content (AvgIpc) is 3.29. The van der Waals surface area contributed by atoms with Gasteiger partial charge < -0.3 is 14.6 Å². The van der Waals surface area contributed by atoms with Crippen LogP contribution in [0.2, 0.25) is 0 Å². The zero-order valence-corrected chi connectivity index (χ0v) is 14.5. The maximum Gasteiger partial charge on any atom is 0.268 e. The van der Waals surface area contributed by atoms with Gasteiger partial charge >= 0.3 is 0 Å². The van der Waals surface area contributed by atoms with E-state index in [1.165, 1.54) is 11.3 Å². The van der Waals surface area contributed by atoms with Gasteiger partial charge in [0.15, 0.2) is 5.82 Å². The van der Waals surface area contributed by atoms with Crippen LogP contribution in [0.15, 0.2) is 58.5 Å². The molecule has 7 heteroatoms. The molecule has 1 amide bonds. The first kappa shape index (κ1) is 16.9. The van der Waals surface area contributed by atoms with E-state index in [1.807, 2.05) is 30.5 Å². The van der Waals surface area contributed by atoms with Crippen molar-refractivity contribution in [2.75, 3.05) is 6.61 Å². The fourth-order valence-electron chi connectivity index (χ4n) is 2.06. The van der Waals surface area contributed by atoms with Gasteiger partial charge in [0.05, 0.1) is 17.0 Å². The molecule has 0 saturated carbocycles. The van der Waals surface area contributed by atoms with Gasteiger partial charge in [-0.1, -0.05) is 29.9 Å². The molecule has 6 nitrogen and oxygen atoms in total. The lowest BCUT2D eigenvalue weighted by Crippen LogP contribution is -2.24. The third-order valence-corrected chi connectivity index (χ3v) is 4.07. The lowest BCUT2D eigenvalue weighted by atomic mass is 10.2. The second kappa shape index (κ2) is 7.76. The number of nitrogens with one attached hydrogen (secondary N) is 1. The first-order valence-electron chi connectivity index (χ1n) is 7.64. The van der Waals surface area contributed by atoms with Gasteiger partial charge in [-0.05, 0) is 36.1 Å². The molecule has 3 rings (SSSR count). The lowest BCUT2D eigenvalue weighted by Gasteiger charge is -2.10. The molecule has 0 unspecified atom stereocenters. The first-order chi connectivity index (χ1) is 12.1. The smallest absolute Gasteiger partial charge is 0.268 e. The van der Waals surface area contributed by atoms with E-state index in [1.54, 1.807) is 18.2 Å². The Morgan fingerprint density at radius 3 is 2.92 bits per heavy atom. The molecular weight excluding hydrogens is 338 g/mol. The van der Waals surface area contributed by atoms with Crippen LogP contribution in [0, 0.1) is 0 Å². The summed E-state index contributed by atoms with van der Waals surface area (Å²) >= 11 is 1.51. The van der Waals surface area contributed by atoms with E-state index in [4.69, 9.17) is 9.26 Å². The Hall–Kier alpha value is -2.93. The van der Waals surface area contributed by atoms with Crippen molar-refractivity contribution in [3.8, 4) is 16.5 Å². The number of amides is 1. The van der Waals surface area contributed by atoms with Gasteiger partial charge in [-0.3, -0.25) is 4.79 Å². The fourth-order valence-corrected chi connectivity index (χ4v) is 2.71. The summed E-state index contributed by atoms with van der Waals surface area (Å²) in [5.74, 6) is 1.11. The zero-order chi connectivity index (χ0) is 17.6. The molecule has 0 bridgehead atoms. The van der Waals surface area contributed by atoms with Crippen molar-refractivity contribution in [3.63, 3.8) is 0 Å². The summed E-state index contributed by atoms with van der Waals surface area (Å²) in [6, 6.07) is 10.9. The molecular formula is C18H17N3O3S. The molecule has 0 saturated heterocycles. The van der Waals surface area contributed by atoms with Crippen LogP contribution in [0.4, 0.5) is 0 Å². The normalized spacial score (nSPS) is 10.4. The number of nitrogens with zero attached hydrogens (tertiary/aromatic N) is 2. The van der Waals surface area contributed by atoms with E-state index >= 15 is 0 Å². The maximum atomic E-state index is 12.4. The number of thiophene rings is 1. The van der Waals surface area contributed by atoms with E-state index < -0.39 is 0 Å². The molecule has 0 radical (unpaired) electrons. The van der Waals surface area contributed by atoms with Crippen LogP contribution in [0.25, 0.3) is 10.8 Å².